The number of furan rings is 1. The fraction of sp³-hybridized carbons (Fsp3) is 0.706. The Morgan fingerprint density at radius 3 is 2.87 bits per heavy atom. The van der Waals surface area contributed by atoms with Gasteiger partial charge in [0.25, 0.3) is 0 Å². The first-order valence-corrected chi connectivity index (χ1v) is 9.70. The van der Waals surface area contributed by atoms with E-state index in [-0.39, 0.29) is 0 Å². The Morgan fingerprint density at radius 1 is 1.39 bits per heavy atom. The molecule has 0 aliphatic heterocycles. The van der Waals surface area contributed by atoms with Crippen molar-refractivity contribution in [1.82, 2.24) is 10.6 Å². The number of thioether (sulfide) groups is 1. The summed E-state index contributed by atoms with van der Waals surface area (Å²) in [5.41, 5.74) is 0.380. The summed E-state index contributed by atoms with van der Waals surface area (Å²) >= 11 is 1.84. The molecule has 0 bridgehead atoms. The van der Waals surface area contributed by atoms with Gasteiger partial charge in [0.05, 0.1) is 6.26 Å². The summed E-state index contributed by atoms with van der Waals surface area (Å²) < 4.78 is 10.6. The second-order valence-electron chi connectivity index (χ2n) is 6.08. The molecular formula is C17H29N3O2S. The zero-order chi connectivity index (χ0) is 16.4. The van der Waals surface area contributed by atoms with Crippen molar-refractivity contribution >= 4 is 17.7 Å². The van der Waals surface area contributed by atoms with Crippen molar-refractivity contribution in [3.8, 4) is 0 Å². The molecular weight excluding hydrogens is 310 g/mol. The van der Waals surface area contributed by atoms with E-state index in [0.717, 1.165) is 56.6 Å². The Labute approximate surface area is 143 Å². The van der Waals surface area contributed by atoms with Crippen molar-refractivity contribution in [2.24, 2.45) is 10.4 Å². The monoisotopic (exact) mass is 339 g/mol. The minimum atomic E-state index is 0.380. The van der Waals surface area contributed by atoms with Crippen molar-refractivity contribution in [1.29, 1.82) is 0 Å². The predicted molar refractivity (Wildman–Crippen MR) is 97.3 cm³/mol. The van der Waals surface area contributed by atoms with E-state index in [1.54, 1.807) is 13.4 Å². The summed E-state index contributed by atoms with van der Waals surface area (Å²) in [7, 11) is 1.77. The maximum atomic E-state index is 5.36. The van der Waals surface area contributed by atoms with Crippen LogP contribution in [0.2, 0.25) is 0 Å². The van der Waals surface area contributed by atoms with Crippen LogP contribution in [-0.4, -0.2) is 51.3 Å². The zero-order valence-corrected chi connectivity index (χ0v) is 15.1. The minimum Gasteiger partial charge on any atom is -0.469 e. The second-order valence-corrected chi connectivity index (χ2v) is 7.07. The molecule has 2 rings (SSSR count). The number of nitrogens with zero attached hydrogens (tertiary/aromatic N) is 1. The molecule has 0 aromatic carbocycles. The van der Waals surface area contributed by atoms with Gasteiger partial charge in [-0.05, 0) is 43.1 Å². The van der Waals surface area contributed by atoms with Crippen LogP contribution in [0, 0.1) is 5.41 Å². The highest BCUT2D eigenvalue weighted by atomic mass is 32.2. The summed E-state index contributed by atoms with van der Waals surface area (Å²) in [6.07, 6.45) is 8.34. The fourth-order valence-corrected chi connectivity index (χ4v) is 2.74. The smallest absolute Gasteiger partial charge is 0.191 e. The molecule has 1 aliphatic rings. The number of ether oxygens (including phenoxy) is 1. The van der Waals surface area contributed by atoms with E-state index >= 15 is 0 Å². The molecule has 1 aromatic rings. The van der Waals surface area contributed by atoms with E-state index in [4.69, 9.17) is 14.1 Å². The largest absolute Gasteiger partial charge is 0.469 e. The predicted octanol–water partition coefficient (Wildman–Crippen LogP) is 2.54. The molecule has 23 heavy (non-hydrogen) atoms. The third-order valence-electron chi connectivity index (χ3n) is 4.21. The Balaban J connectivity index is 1.78. The Morgan fingerprint density at radius 2 is 2.22 bits per heavy atom. The van der Waals surface area contributed by atoms with Crippen LogP contribution in [0.4, 0.5) is 0 Å². The minimum absolute atomic E-state index is 0.380. The van der Waals surface area contributed by atoms with Gasteiger partial charge in [-0.3, -0.25) is 4.99 Å². The highest BCUT2D eigenvalue weighted by Gasteiger charge is 2.41. The molecule has 1 fully saturated rings. The third kappa shape index (κ3) is 6.87. The molecule has 5 nitrogen and oxygen atoms in total. The lowest BCUT2D eigenvalue weighted by Crippen LogP contribution is -2.40. The van der Waals surface area contributed by atoms with Gasteiger partial charge in [-0.15, -0.1) is 0 Å². The summed E-state index contributed by atoms with van der Waals surface area (Å²) in [6, 6.07) is 3.93. The quantitative estimate of drug-likeness (QED) is 0.369. The van der Waals surface area contributed by atoms with Crippen molar-refractivity contribution in [3.05, 3.63) is 24.2 Å². The van der Waals surface area contributed by atoms with Crippen LogP contribution in [-0.2, 0) is 11.2 Å². The zero-order valence-electron chi connectivity index (χ0n) is 14.3. The summed E-state index contributed by atoms with van der Waals surface area (Å²) in [5, 5.41) is 6.83. The lowest BCUT2D eigenvalue weighted by molar-refractivity contribution is 0.174. The molecule has 1 saturated carbocycles. The van der Waals surface area contributed by atoms with Crippen LogP contribution < -0.4 is 10.6 Å². The molecule has 130 valence electrons. The molecule has 0 spiro atoms. The van der Waals surface area contributed by atoms with Gasteiger partial charge in [-0.25, -0.2) is 0 Å². The van der Waals surface area contributed by atoms with E-state index in [1.165, 1.54) is 12.8 Å². The van der Waals surface area contributed by atoms with Crippen LogP contribution in [0.1, 0.15) is 25.0 Å². The number of hydrogen-bond donors (Lipinski definition) is 2. The standard InChI is InChI=1S/C17H29N3O2S/c1-21-12-8-17(6-7-17)14-20-16(19-10-13-23-2)18-9-5-15-4-3-11-22-15/h3-4,11H,5-10,12-14H2,1-2H3,(H2,18,19,20). The molecule has 1 aromatic heterocycles. The van der Waals surface area contributed by atoms with Crippen LogP contribution >= 0.6 is 11.8 Å². The Hall–Kier alpha value is -1.14. The molecule has 0 amide bonds. The van der Waals surface area contributed by atoms with Crippen LogP contribution in [0.3, 0.4) is 0 Å². The highest BCUT2D eigenvalue weighted by Crippen LogP contribution is 2.48. The van der Waals surface area contributed by atoms with Gasteiger partial charge in [-0.1, -0.05) is 0 Å². The SMILES string of the molecule is COCCC1(CN=C(NCCSC)NCCc2ccco2)CC1. The van der Waals surface area contributed by atoms with Gasteiger partial charge in [0.15, 0.2) is 5.96 Å². The second kappa shape index (κ2) is 9.88. The van der Waals surface area contributed by atoms with Gasteiger partial charge in [0.1, 0.15) is 5.76 Å². The molecule has 0 atom stereocenters. The molecule has 1 aliphatic carbocycles. The van der Waals surface area contributed by atoms with E-state index < -0.39 is 0 Å². The fourth-order valence-electron chi connectivity index (χ4n) is 2.43. The topological polar surface area (TPSA) is 58.8 Å². The van der Waals surface area contributed by atoms with Crippen molar-refractivity contribution in [3.63, 3.8) is 0 Å². The number of aliphatic imine (C=N–C) groups is 1. The van der Waals surface area contributed by atoms with E-state index in [2.05, 4.69) is 16.9 Å². The molecule has 0 unspecified atom stereocenters. The number of methoxy groups -OCH3 is 1. The lowest BCUT2D eigenvalue weighted by atomic mass is 10.0. The summed E-state index contributed by atoms with van der Waals surface area (Å²) in [4.78, 5) is 4.80. The number of nitrogens with one attached hydrogen (secondary N) is 2. The van der Waals surface area contributed by atoms with Gasteiger partial charge in [0.2, 0.25) is 0 Å². The maximum Gasteiger partial charge on any atom is 0.191 e. The number of rotatable bonds is 11. The van der Waals surface area contributed by atoms with Crippen molar-refractivity contribution in [2.45, 2.75) is 25.7 Å². The van der Waals surface area contributed by atoms with E-state index in [0.29, 0.717) is 5.41 Å². The average Bonchev–Trinajstić information content (AvgIpc) is 3.14. The molecule has 1 heterocycles. The molecule has 2 N–H and O–H groups in total. The third-order valence-corrected chi connectivity index (χ3v) is 4.82. The van der Waals surface area contributed by atoms with Gasteiger partial charge >= 0.3 is 0 Å². The summed E-state index contributed by atoms with van der Waals surface area (Å²) in [6.45, 7) is 3.46. The van der Waals surface area contributed by atoms with Gasteiger partial charge in [0, 0.05) is 45.5 Å². The van der Waals surface area contributed by atoms with E-state index in [1.807, 2.05) is 23.9 Å². The summed E-state index contributed by atoms with van der Waals surface area (Å²) in [5.74, 6) is 2.99. The molecule has 0 saturated heterocycles. The lowest BCUT2D eigenvalue weighted by Gasteiger charge is -2.15. The van der Waals surface area contributed by atoms with Crippen molar-refractivity contribution < 1.29 is 9.15 Å². The first-order chi connectivity index (χ1) is 11.3. The normalized spacial score (nSPS) is 16.3. The van der Waals surface area contributed by atoms with Crippen LogP contribution in [0.15, 0.2) is 27.8 Å². The van der Waals surface area contributed by atoms with Crippen LogP contribution in [0.25, 0.3) is 0 Å². The Kier molecular flexibility index (Phi) is 7.82. The van der Waals surface area contributed by atoms with Crippen molar-refractivity contribution in [2.75, 3.05) is 45.4 Å². The van der Waals surface area contributed by atoms with Gasteiger partial charge in [-0.2, -0.15) is 11.8 Å². The number of guanidine groups is 1. The van der Waals surface area contributed by atoms with E-state index in [9.17, 15) is 0 Å². The molecule has 0 radical (unpaired) electrons. The molecule has 6 heteroatoms. The maximum absolute atomic E-state index is 5.36. The van der Waals surface area contributed by atoms with Crippen LogP contribution in [0.5, 0.6) is 0 Å². The Bertz CT molecular complexity index is 458. The first kappa shape index (κ1) is 18.2. The number of hydrogen-bond acceptors (Lipinski definition) is 4. The highest BCUT2D eigenvalue weighted by molar-refractivity contribution is 7.98. The van der Waals surface area contributed by atoms with Gasteiger partial charge < -0.3 is 19.8 Å². The first-order valence-electron chi connectivity index (χ1n) is 8.30. The average molecular weight is 340 g/mol.